The van der Waals surface area contributed by atoms with E-state index in [-0.39, 0.29) is 0 Å². The molecule has 0 N–H and O–H groups in total. The molecule has 0 spiro atoms. The number of aryl methyl sites for hydroxylation is 1. The average molecular weight is 273 g/mol. The summed E-state index contributed by atoms with van der Waals surface area (Å²) >= 11 is 0. The second-order valence-electron chi connectivity index (χ2n) is 6.09. The zero-order valence-electron chi connectivity index (χ0n) is 12.5. The van der Waals surface area contributed by atoms with Gasteiger partial charge in [-0.2, -0.15) is 0 Å². The van der Waals surface area contributed by atoms with Gasteiger partial charge in [-0.15, -0.1) is 0 Å². The minimum atomic E-state index is 0.602. The molecule has 1 aliphatic carbocycles. The van der Waals surface area contributed by atoms with Crippen molar-refractivity contribution in [2.45, 2.75) is 20.3 Å². The van der Waals surface area contributed by atoms with Crippen LogP contribution in [0.15, 0.2) is 54.6 Å². The van der Waals surface area contributed by atoms with Crippen LogP contribution in [0.1, 0.15) is 23.7 Å². The fourth-order valence-corrected chi connectivity index (χ4v) is 3.40. The fraction of sp³-hybridized carbons (Fsp3) is 0.200. The normalized spacial score (nSPS) is 17.1. The molecule has 0 saturated heterocycles. The first kappa shape index (κ1) is 12.5. The average Bonchev–Trinajstić information content (AvgIpc) is 2.80. The lowest BCUT2D eigenvalue weighted by Gasteiger charge is -2.17. The highest BCUT2D eigenvalue weighted by Crippen LogP contribution is 2.35. The zero-order valence-corrected chi connectivity index (χ0v) is 12.5. The van der Waals surface area contributed by atoms with Gasteiger partial charge in [-0.05, 0) is 43.0 Å². The van der Waals surface area contributed by atoms with Crippen molar-refractivity contribution >= 4 is 17.0 Å². The molecule has 1 heteroatoms. The van der Waals surface area contributed by atoms with Crippen LogP contribution in [0, 0.1) is 12.8 Å². The maximum absolute atomic E-state index is 2.44. The summed E-state index contributed by atoms with van der Waals surface area (Å²) in [4.78, 5) is 0. The highest BCUT2D eigenvalue weighted by molar-refractivity contribution is 5.93. The van der Waals surface area contributed by atoms with Gasteiger partial charge < -0.3 is 4.57 Å². The Morgan fingerprint density at radius 1 is 1.05 bits per heavy atom. The fourth-order valence-electron chi connectivity index (χ4n) is 3.40. The summed E-state index contributed by atoms with van der Waals surface area (Å²) in [7, 11) is 0. The van der Waals surface area contributed by atoms with E-state index in [1.165, 1.54) is 33.4 Å². The maximum Gasteiger partial charge on any atom is 0.0537 e. The molecule has 1 aromatic heterocycles. The van der Waals surface area contributed by atoms with Crippen molar-refractivity contribution in [3.63, 3.8) is 0 Å². The molecule has 1 atom stereocenters. The van der Waals surface area contributed by atoms with Crippen molar-refractivity contribution in [2.75, 3.05) is 0 Å². The third-order valence-corrected chi connectivity index (χ3v) is 4.38. The van der Waals surface area contributed by atoms with Gasteiger partial charge in [0.15, 0.2) is 0 Å². The first-order chi connectivity index (χ1) is 10.2. The van der Waals surface area contributed by atoms with E-state index in [0.717, 1.165) is 6.42 Å². The summed E-state index contributed by atoms with van der Waals surface area (Å²) in [6.45, 7) is 4.45. The van der Waals surface area contributed by atoms with Crippen molar-refractivity contribution < 1.29 is 0 Å². The van der Waals surface area contributed by atoms with Crippen molar-refractivity contribution in [1.82, 2.24) is 4.57 Å². The van der Waals surface area contributed by atoms with Gasteiger partial charge in [0.2, 0.25) is 0 Å². The quantitative estimate of drug-likeness (QED) is 0.578. The number of aromatic nitrogens is 1. The summed E-state index contributed by atoms with van der Waals surface area (Å²) in [5, 5.41) is 1.36. The summed E-state index contributed by atoms with van der Waals surface area (Å²) in [6.07, 6.45) is 5.74. The first-order valence-electron chi connectivity index (χ1n) is 7.61. The Kier molecular flexibility index (Phi) is 2.75. The zero-order chi connectivity index (χ0) is 14.4. The van der Waals surface area contributed by atoms with E-state index < -0.39 is 0 Å². The minimum absolute atomic E-state index is 0.602. The Bertz CT molecular complexity index is 851. The van der Waals surface area contributed by atoms with Crippen molar-refractivity contribution in [3.05, 3.63) is 71.4 Å². The molecule has 1 unspecified atom stereocenters. The van der Waals surface area contributed by atoms with Crippen LogP contribution in [0.5, 0.6) is 0 Å². The molecule has 1 heterocycles. The molecule has 21 heavy (non-hydrogen) atoms. The molecule has 3 aromatic rings. The molecule has 0 fully saturated rings. The molecule has 1 aliphatic rings. The van der Waals surface area contributed by atoms with Crippen LogP contribution in [0.2, 0.25) is 0 Å². The number of hydrogen-bond acceptors (Lipinski definition) is 0. The number of benzene rings is 2. The lowest BCUT2D eigenvalue weighted by atomic mass is 9.95. The van der Waals surface area contributed by atoms with E-state index >= 15 is 0 Å². The summed E-state index contributed by atoms with van der Waals surface area (Å²) < 4.78 is 2.44. The number of allylic oxidation sites excluding steroid dienone is 1. The van der Waals surface area contributed by atoms with Crippen LogP contribution in [0.25, 0.3) is 22.7 Å². The molecular formula is C20H19N. The topological polar surface area (TPSA) is 4.93 Å². The van der Waals surface area contributed by atoms with Crippen LogP contribution < -0.4 is 0 Å². The lowest BCUT2D eigenvalue weighted by molar-refractivity contribution is 0.690. The largest absolute Gasteiger partial charge is 0.313 e. The third-order valence-electron chi connectivity index (χ3n) is 4.38. The Labute approximate surface area is 125 Å². The van der Waals surface area contributed by atoms with Gasteiger partial charge in [-0.1, -0.05) is 49.4 Å². The highest BCUT2D eigenvalue weighted by atomic mass is 15.0. The third kappa shape index (κ3) is 1.92. The van der Waals surface area contributed by atoms with Crippen LogP contribution in [-0.2, 0) is 6.42 Å². The van der Waals surface area contributed by atoms with Crippen LogP contribution in [0.3, 0.4) is 0 Å². The van der Waals surface area contributed by atoms with Gasteiger partial charge in [0, 0.05) is 22.3 Å². The van der Waals surface area contributed by atoms with Crippen LogP contribution >= 0.6 is 0 Å². The van der Waals surface area contributed by atoms with Crippen molar-refractivity contribution in [1.29, 1.82) is 0 Å². The lowest BCUT2D eigenvalue weighted by Crippen LogP contribution is -2.08. The molecule has 0 saturated carbocycles. The van der Waals surface area contributed by atoms with Gasteiger partial charge in [-0.25, -0.2) is 0 Å². The van der Waals surface area contributed by atoms with E-state index in [1.807, 2.05) is 0 Å². The number of nitrogens with zero attached hydrogens (tertiary/aromatic N) is 1. The Morgan fingerprint density at radius 3 is 2.76 bits per heavy atom. The molecule has 4 rings (SSSR count). The smallest absolute Gasteiger partial charge is 0.0537 e. The maximum atomic E-state index is 2.44. The predicted molar refractivity (Wildman–Crippen MR) is 89.9 cm³/mol. The van der Waals surface area contributed by atoms with Crippen LogP contribution in [0.4, 0.5) is 0 Å². The number of hydrogen-bond donors (Lipinski definition) is 0. The van der Waals surface area contributed by atoms with Crippen molar-refractivity contribution in [3.8, 4) is 5.69 Å². The minimum Gasteiger partial charge on any atom is -0.313 e. The van der Waals surface area contributed by atoms with Gasteiger partial charge in [-0.3, -0.25) is 0 Å². The van der Waals surface area contributed by atoms with E-state index in [0.29, 0.717) is 5.92 Å². The van der Waals surface area contributed by atoms with Gasteiger partial charge in [0.1, 0.15) is 0 Å². The molecule has 1 nitrogen and oxygen atoms in total. The molecule has 0 aliphatic heterocycles. The molecule has 2 aromatic carbocycles. The Hall–Kier alpha value is -2.28. The second kappa shape index (κ2) is 4.63. The number of fused-ring (bicyclic) bond motifs is 3. The monoisotopic (exact) mass is 273 g/mol. The van der Waals surface area contributed by atoms with Crippen molar-refractivity contribution in [2.24, 2.45) is 5.92 Å². The molecule has 0 amide bonds. The molecule has 104 valence electrons. The standard InChI is InChI=1S/C20H19N/c1-14-6-5-7-16(12-14)21-19-9-4-3-8-17(19)18-11-10-15(2)13-20(18)21/h3-12,15H,13H2,1-2H3. The van der Waals surface area contributed by atoms with E-state index in [2.05, 4.69) is 79.1 Å². The summed E-state index contributed by atoms with van der Waals surface area (Å²) in [5.74, 6) is 0.602. The van der Waals surface area contributed by atoms with Crippen LogP contribution in [-0.4, -0.2) is 4.57 Å². The molecule has 0 bridgehead atoms. The Balaban J connectivity index is 2.09. The SMILES string of the molecule is Cc1cccc(-n2c3c(c4ccccc42)C=CC(C)C3)c1. The molecular weight excluding hydrogens is 254 g/mol. The first-order valence-corrected chi connectivity index (χ1v) is 7.61. The van der Waals surface area contributed by atoms with Gasteiger partial charge in [0.05, 0.1) is 5.52 Å². The number of para-hydroxylation sites is 1. The highest BCUT2D eigenvalue weighted by Gasteiger charge is 2.20. The van der Waals surface area contributed by atoms with E-state index in [1.54, 1.807) is 0 Å². The second-order valence-corrected chi connectivity index (χ2v) is 6.09. The summed E-state index contributed by atoms with van der Waals surface area (Å²) in [6, 6.07) is 17.5. The van der Waals surface area contributed by atoms with Gasteiger partial charge in [0.25, 0.3) is 0 Å². The predicted octanol–water partition coefficient (Wildman–Crippen LogP) is 5.14. The van der Waals surface area contributed by atoms with E-state index in [4.69, 9.17) is 0 Å². The van der Waals surface area contributed by atoms with Gasteiger partial charge >= 0.3 is 0 Å². The molecule has 0 radical (unpaired) electrons. The van der Waals surface area contributed by atoms with E-state index in [9.17, 15) is 0 Å². The summed E-state index contributed by atoms with van der Waals surface area (Å²) in [5.41, 5.74) is 6.72. The number of rotatable bonds is 1. The Morgan fingerprint density at radius 2 is 1.90 bits per heavy atom.